The van der Waals surface area contributed by atoms with Gasteiger partial charge in [0.05, 0.1) is 33.6 Å². The maximum atomic E-state index is 2.53. The summed E-state index contributed by atoms with van der Waals surface area (Å²) >= 11 is 0. The van der Waals surface area contributed by atoms with Crippen molar-refractivity contribution in [3.63, 3.8) is 0 Å². The van der Waals surface area contributed by atoms with Gasteiger partial charge in [0.15, 0.2) is 0 Å². The van der Waals surface area contributed by atoms with E-state index < -0.39 is 10.8 Å². The predicted molar refractivity (Wildman–Crippen MR) is 353 cm³/mol. The van der Waals surface area contributed by atoms with Gasteiger partial charge in [-0.25, -0.2) is 0 Å². The molecular formula is C82H60N2. The Morgan fingerprint density at radius 2 is 0.524 bits per heavy atom. The van der Waals surface area contributed by atoms with Crippen molar-refractivity contribution >= 4 is 66.4 Å². The van der Waals surface area contributed by atoms with Gasteiger partial charge in [-0.05, 0) is 175 Å². The van der Waals surface area contributed by atoms with Crippen LogP contribution in [0, 0.1) is 27.7 Å². The maximum Gasteiger partial charge on any atom is 0.0713 e. The molecule has 84 heavy (non-hydrogen) atoms. The average molecular weight is 1070 g/mol. The van der Waals surface area contributed by atoms with Crippen LogP contribution in [0.5, 0.6) is 0 Å². The summed E-state index contributed by atoms with van der Waals surface area (Å²) in [5.74, 6) is 0. The molecule has 0 aliphatic heterocycles. The van der Waals surface area contributed by atoms with Crippen molar-refractivity contribution in [2.24, 2.45) is 0 Å². The molecule has 0 aromatic heterocycles. The van der Waals surface area contributed by atoms with E-state index >= 15 is 0 Å². The molecule has 2 heteroatoms. The monoisotopic (exact) mass is 1070 g/mol. The van der Waals surface area contributed by atoms with Crippen molar-refractivity contribution in [2.75, 3.05) is 9.80 Å². The first-order valence-corrected chi connectivity index (χ1v) is 29.5. The van der Waals surface area contributed by atoms with Crippen LogP contribution in [0.15, 0.2) is 291 Å². The van der Waals surface area contributed by atoms with E-state index in [0.717, 1.165) is 22.7 Å². The molecule has 0 heterocycles. The number of fused-ring (bicyclic) bond motifs is 6. The third-order valence-electron chi connectivity index (χ3n) is 18.7. The lowest BCUT2D eigenvalue weighted by atomic mass is 9.67. The molecule has 0 fully saturated rings. The SMILES string of the molecule is Cc1cc(C2(c3ccccc3)c3ccccc3-c3ccccc32)cc(C)c1N(c1ccccc1)c1ccc2ccc3c(N(c4ccccc4)c4c(C)cc(C5(c6ccccc6)c6ccccc6-c6ccccc65)cc4C)ccc4ccc1c2c43. The second kappa shape index (κ2) is 19.2. The normalized spacial score (nSPS) is 13.4. The van der Waals surface area contributed by atoms with Gasteiger partial charge < -0.3 is 9.80 Å². The Kier molecular flexibility index (Phi) is 11.3. The second-order valence-corrected chi connectivity index (χ2v) is 23.3. The second-order valence-electron chi connectivity index (χ2n) is 23.3. The quantitative estimate of drug-likeness (QED) is 0.126. The summed E-state index contributed by atoms with van der Waals surface area (Å²) in [6.07, 6.45) is 0. The van der Waals surface area contributed by atoms with Crippen molar-refractivity contribution in [3.05, 3.63) is 358 Å². The number of hydrogen-bond donors (Lipinski definition) is 0. The molecule has 14 aromatic rings. The Bertz CT molecular complexity index is 4440. The fourth-order valence-electron chi connectivity index (χ4n) is 15.6. The van der Waals surface area contributed by atoms with Crippen molar-refractivity contribution in [1.82, 2.24) is 0 Å². The van der Waals surface area contributed by atoms with Crippen LogP contribution in [0.1, 0.15) is 66.8 Å². The maximum absolute atomic E-state index is 2.53. The first-order chi connectivity index (χ1) is 41.3. The van der Waals surface area contributed by atoms with Gasteiger partial charge in [-0.15, -0.1) is 0 Å². The highest BCUT2D eigenvalue weighted by molar-refractivity contribution is 6.28. The molecule has 16 rings (SSSR count). The summed E-state index contributed by atoms with van der Waals surface area (Å²) in [6.45, 7) is 9.27. The number of anilines is 6. The van der Waals surface area contributed by atoms with Gasteiger partial charge in [0.1, 0.15) is 0 Å². The summed E-state index contributed by atoms with van der Waals surface area (Å²) in [5, 5.41) is 7.38. The number of para-hydroxylation sites is 2. The van der Waals surface area contributed by atoms with Gasteiger partial charge in [0.25, 0.3) is 0 Å². The van der Waals surface area contributed by atoms with Gasteiger partial charge in [-0.3, -0.25) is 0 Å². The van der Waals surface area contributed by atoms with Crippen LogP contribution in [0.4, 0.5) is 34.1 Å². The Morgan fingerprint density at radius 3 is 0.845 bits per heavy atom. The number of aryl methyl sites for hydroxylation is 4. The summed E-state index contributed by atoms with van der Waals surface area (Å²) in [7, 11) is 0. The zero-order chi connectivity index (χ0) is 56.3. The largest absolute Gasteiger partial charge is 0.309 e. The molecule has 0 atom stereocenters. The van der Waals surface area contributed by atoms with Gasteiger partial charge in [0, 0.05) is 22.1 Å². The van der Waals surface area contributed by atoms with Gasteiger partial charge >= 0.3 is 0 Å². The molecule has 2 aliphatic carbocycles. The van der Waals surface area contributed by atoms with Crippen molar-refractivity contribution in [1.29, 1.82) is 0 Å². The summed E-state index contributed by atoms with van der Waals surface area (Å²) in [5.41, 5.74) is 26.3. The molecule has 0 bridgehead atoms. The third-order valence-corrected chi connectivity index (χ3v) is 18.7. The number of nitrogens with zero attached hydrogens (tertiary/aromatic N) is 2. The highest BCUT2D eigenvalue weighted by atomic mass is 15.2. The first kappa shape index (κ1) is 49.5. The highest BCUT2D eigenvalue weighted by Crippen LogP contribution is 2.59. The van der Waals surface area contributed by atoms with Crippen LogP contribution >= 0.6 is 0 Å². The molecule has 2 aliphatic rings. The van der Waals surface area contributed by atoms with Crippen LogP contribution in [0.25, 0.3) is 54.6 Å². The van der Waals surface area contributed by atoms with Crippen molar-refractivity contribution in [3.8, 4) is 22.3 Å². The number of hydrogen-bond acceptors (Lipinski definition) is 2. The van der Waals surface area contributed by atoms with E-state index in [0.29, 0.717) is 0 Å². The van der Waals surface area contributed by atoms with E-state index in [-0.39, 0.29) is 0 Å². The molecule has 0 radical (unpaired) electrons. The van der Waals surface area contributed by atoms with Gasteiger partial charge in [0.2, 0.25) is 0 Å². The third kappa shape index (κ3) is 7.04. The molecule has 0 unspecified atom stereocenters. The molecule has 0 spiro atoms. The Morgan fingerprint density at radius 1 is 0.250 bits per heavy atom. The van der Waals surface area contributed by atoms with E-state index in [9.17, 15) is 0 Å². The lowest BCUT2D eigenvalue weighted by Crippen LogP contribution is -2.29. The van der Waals surface area contributed by atoms with E-state index in [1.54, 1.807) is 0 Å². The fraction of sp³-hybridized carbons (Fsp3) is 0.0732. The van der Waals surface area contributed by atoms with E-state index in [1.165, 1.54) is 133 Å². The van der Waals surface area contributed by atoms with Crippen molar-refractivity contribution < 1.29 is 0 Å². The molecule has 0 saturated carbocycles. The molecule has 398 valence electrons. The first-order valence-electron chi connectivity index (χ1n) is 29.5. The molecular weight excluding hydrogens is 1010 g/mol. The van der Waals surface area contributed by atoms with Gasteiger partial charge in [-0.1, -0.05) is 255 Å². The van der Waals surface area contributed by atoms with Crippen LogP contribution in [-0.2, 0) is 10.8 Å². The van der Waals surface area contributed by atoms with Crippen LogP contribution < -0.4 is 9.80 Å². The summed E-state index contributed by atoms with van der Waals surface area (Å²) < 4.78 is 0. The Balaban J connectivity index is 0.886. The molecule has 14 aromatic carbocycles. The minimum absolute atomic E-state index is 0.504. The van der Waals surface area contributed by atoms with Crippen LogP contribution in [0.3, 0.4) is 0 Å². The standard InChI is InChI=1S/C82H60N2/c1-53-49-61(81(59-25-9-5-10-26-59)71-37-21-17-33-65(71)66-34-18-22-38-72(66)81)50-54(2)79(53)83(63-29-13-7-14-30-63)75-47-43-57-42-46-70-76(48-44-58-41-45-69(75)77(57)78(58)70)84(64-31-15-8-16-32-64)80-55(3)51-62(52-56(80)4)82(60-27-11-6-12-28-60)73-39-23-19-35-67(73)68-36-20-24-40-74(68)82/h5-52H,1-4H3. The zero-order valence-corrected chi connectivity index (χ0v) is 47.6. The molecule has 2 nitrogen and oxygen atoms in total. The topological polar surface area (TPSA) is 6.48 Å². The fourth-order valence-corrected chi connectivity index (χ4v) is 15.6. The number of rotatable bonds is 10. The average Bonchev–Trinajstić information content (AvgIpc) is 1.67. The summed E-state index contributed by atoms with van der Waals surface area (Å²) in [6, 6.07) is 109. The lowest BCUT2D eigenvalue weighted by Gasteiger charge is -2.36. The number of benzene rings is 14. The highest BCUT2D eigenvalue weighted by Gasteiger charge is 2.48. The van der Waals surface area contributed by atoms with Crippen LogP contribution in [0.2, 0.25) is 0 Å². The van der Waals surface area contributed by atoms with Crippen molar-refractivity contribution in [2.45, 2.75) is 38.5 Å². The van der Waals surface area contributed by atoms with Crippen LogP contribution in [-0.4, -0.2) is 0 Å². The van der Waals surface area contributed by atoms with E-state index in [4.69, 9.17) is 0 Å². The Labute approximate surface area is 492 Å². The summed E-state index contributed by atoms with van der Waals surface area (Å²) in [4.78, 5) is 5.06. The predicted octanol–water partition coefficient (Wildman–Crippen LogP) is 21.5. The molecule has 0 amide bonds. The van der Waals surface area contributed by atoms with Gasteiger partial charge in [-0.2, -0.15) is 0 Å². The minimum Gasteiger partial charge on any atom is -0.309 e. The Hall–Kier alpha value is -10.3. The van der Waals surface area contributed by atoms with E-state index in [1.807, 2.05) is 0 Å². The zero-order valence-electron chi connectivity index (χ0n) is 47.6. The molecule has 0 saturated heterocycles. The smallest absolute Gasteiger partial charge is 0.0713 e. The minimum atomic E-state index is -0.504. The lowest BCUT2D eigenvalue weighted by molar-refractivity contribution is 0.766. The van der Waals surface area contributed by atoms with E-state index in [2.05, 4.69) is 329 Å². The molecule has 0 N–H and O–H groups in total.